The predicted molar refractivity (Wildman–Crippen MR) is 162 cm³/mol. The number of carbonyl (C=O) groups excluding carboxylic acids is 2. The zero-order chi connectivity index (χ0) is 30.3. The van der Waals surface area contributed by atoms with Gasteiger partial charge >= 0.3 is 0 Å². The monoisotopic (exact) mass is 587 g/mol. The number of likely N-dealkylation sites (N-methyl/N-ethyl adjacent to an activating group) is 1. The molecule has 0 aliphatic carbocycles. The van der Waals surface area contributed by atoms with Crippen LogP contribution in [0.4, 0.5) is 10.1 Å². The molecule has 0 bridgehead atoms. The number of halogens is 1. The maximum absolute atomic E-state index is 14.3. The molecule has 4 aromatic carbocycles. The number of anilines is 1. The molecule has 2 amide bonds. The van der Waals surface area contributed by atoms with Crippen molar-refractivity contribution in [3.63, 3.8) is 0 Å². The van der Waals surface area contributed by atoms with Crippen molar-refractivity contribution in [2.24, 2.45) is 0 Å². The standard InChI is InChI=1S/C33H34FN3O4S/c1-24-14-19-30(25(2)20-24)37(42(40,41)29-12-8-5-9-13-29)23-32(38)36(22-27-15-17-28(34)18-16-27)31(33(39)35-3)21-26-10-6-4-7-11-26/h4-20,31H,21-23H2,1-3H3,(H,35,39). The van der Waals surface area contributed by atoms with Crippen molar-refractivity contribution in [3.05, 3.63) is 131 Å². The lowest BCUT2D eigenvalue weighted by Crippen LogP contribution is -2.53. The molecule has 0 saturated heterocycles. The van der Waals surface area contributed by atoms with Crippen molar-refractivity contribution < 1.29 is 22.4 Å². The van der Waals surface area contributed by atoms with E-state index in [0.29, 0.717) is 16.8 Å². The molecule has 4 aromatic rings. The van der Waals surface area contributed by atoms with Gasteiger partial charge in [0, 0.05) is 20.0 Å². The molecule has 0 spiro atoms. The zero-order valence-corrected chi connectivity index (χ0v) is 24.6. The van der Waals surface area contributed by atoms with Gasteiger partial charge in [0.15, 0.2) is 0 Å². The number of nitrogens with zero attached hydrogens (tertiary/aromatic N) is 2. The number of carbonyl (C=O) groups is 2. The molecule has 9 heteroatoms. The Morgan fingerprint density at radius 1 is 0.833 bits per heavy atom. The lowest BCUT2D eigenvalue weighted by atomic mass is 10.0. The normalized spacial score (nSPS) is 11.9. The van der Waals surface area contributed by atoms with Crippen molar-refractivity contribution >= 4 is 27.5 Å². The smallest absolute Gasteiger partial charge is 0.264 e. The molecule has 7 nitrogen and oxygen atoms in total. The van der Waals surface area contributed by atoms with Gasteiger partial charge in [0.2, 0.25) is 11.8 Å². The fourth-order valence-corrected chi connectivity index (χ4v) is 6.33. The van der Waals surface area contributed by atoms with Gasteiger partial charge in [-0.2, -0.15) is 0 Å². The van der Waals surface area contributed by atoms with Gasteiger partial charge in [0.05, 0.1) is 10.6 Å². The van der Waals surface area contributed by atoms with E-state index < -0.39 is 40.2 Å². The van der Waals surface area contributed by atoms with Crippen molar-refractivity contribution in [2.75, 3.05) is 17.9 Å². The Morgan fingerprint density at radius 2 is 1.45 bits per heavy atom. The van der Waals surface area contributed by atoms with E-state index in [1.165, 1.54) is 36.2 Å². The molecule has 42 heavy (non-hydrogen) atoms. The highest BCUT2D eigenvalue weighted by atomic mass is 32.2. The minimum atomic E-state index is -4.17. The minimum Gasteiger partial charge on any atom is -0.357 e. The molecule has 0 aromatic heterocycles. The first-order chi connectivity index (χ1) is 20.1. The largest absolute Gasteiger partial charge is 0.357 e. The highest BCUT2D eigenvalue weighted by Crippen LogP contribution is 2.28. The van der Waals surface area contributed by atoms with Gasteiger partial charge in [0.25, 0.3) is 10.0 Å². The number of hydrogen-bond donors (Lipinski definition) is 1. The molecule has 1 atom stereocenters. The number of hydrogen-bond acceptors (Lipinski definition) is 4. The SMILES string of the molecule is CNC(=O)C(Cc1ccccc1)N(Cc1ccc(F)cc1)C(=O)CN(c1ccc(C)cc1C)S(=O)(=O)c1ccccc1. The maximum atomic E-state index is 14.3. The molecule has 0 heterocycles. The third-order valence-electron chi connectivity index (χ3n) is 7.01. The van der Waals surface area contributed by atoms with Crippen LogP contribution in [0.2, 0.25) is 0 Å². The minimum absolute atomic E-state index is 0.0316. The van der Waals surface area contributed by atoms with Crippen molar-refractivity contribution in [2.45, 2.75) is 37.8 Å². The first-order valence-corrected chi connectivity index (χ1v) is 15.0. The fourth-order valence-electron chi connectivity index (χ4n) is 4.83. The zero-order valence-electron chi connectivity index (χ0n) is 23.8. The Kier molecular flexibility index (Phi) is 9.75. The second-order valence-electron chi connectivity index (χ2n) is 10.1. The van der Waals surface area contributed by atoms with Crippen LogP contribution in [-0.4, -0.2) is 44.8 Å². The van der Waals surface area contributed by atoms with E-state index in [2.05, 4.69) is 5.32 Å². The summed E-state index contributed by atoms with van der Waals surface area (Å²) in [6, 6.07) is 27.2. The summed E-state index contributed by atoms with van der Waals surface area (Å²) in [6.07, 6.45) is 0.197. The van der Waals surface area contributed by atoms with E-state index in [4.69, 9.17) is 0 Å². The first kappa shape index (κ1) is 30.5. The van der Waals surface area contributed by atoms with Gasteiger partial charge in [-0.3, -0.25) is 13.9 Å². The summed E-state index contributed by atoms with van der Waals surface area (Å²) in [5.74, 6) is -1.42. The van der Waals surface area contributed by atoms with Crippen LogP contribution < -0.4 is 9.62 Å². The van der Waals surface area contributed by atoms with Crippen LogP contribution in [0.5, 0.6) is 0 Å². The molecule has 4 rings (SSSR count). The summed E-state index contributed by atoms with van der Waals surface area (Å²) in [7, 11) is -2.68. The molecule has 0 radical (unpaired) electrons. The van der Waals surface area contributed by atoms with Crippen LogP contribution in [0, 0.1) is 19.7 Å². The number of nitrogens with one attached hydrogen (secondary N) is 1. The number of amides is 2. The lowest BCUT2D eigenvalue weighted by Gasteiger charge is -2.34. The topological polar surface area (TPSA) is 86.8 Å². The Morgan fingerprint density at radius 3 is 2.05 bits per heavy atom. The average molecular weight is 588 g/mol. The van der Waals surface area contributed by atoms with E-state index in [0.717, 1.165) is 15.4 Å². The Balaban J connectivity index is 1.80. The van der Waals surface area contributed by atoms with Gasteiger partial charge in [-0.25, -0.2) is 12.8 Å². The summed E-state index contributed by atoms with van der Waals surface area (Å²) in [5.41, 5.74) is 3.40. The van der Waals surface area contributed by atoms with E-state index in [1.807, 2.05) is 43.3 Å². The molecule has 0 fully saturated rings. The van der Waals surface area contributed by atoms with Crippen molar-refractivity contribution in [3.8, 4) is 0 Å². The Hall–Kier alpha value is -4.50. The quantitative estimate of drug-likeness (QED) is 0.267. The molecule has 1 N–H and O–H groups in total. The van der Waals surface area contributed by atoms with E-state index >= 15 is 0 Å². The second-order valence-corrected chi connectivity index (χ2v) is 11.9. The van der Waals surface area contributed by atoms with Crippen molar-refractivity contribution in [1.29, 1.82) is 0 Å². The van der Waals surface area contributed by atoms with Crippen LogP contribution in [0.1, 0.15) is 22.3 Å². The number of rotatable bonds is 11. The number of sulfonamides is 1. The fraction of sp³-hybridized carbons (Fsp3) is 0.212. The van der Waals surface area contributed by atoms with Crippen LogP contribution in [0.25, 0.3) is 0 Å². The van der Waals surface area contributed by atoms with Gasteiger partial charge in [0.1, 0.15) is 18.4 Å². The first-order valence-electron chi connectivity index (χ1n) is 13.5. The van der Waals surface area contributed by atoms with Gasteiger partial charge < -0.3 is 10.2 Å². The third-order valence-corrected chi connectivity index (χ3v) is 8.79. The van der Waals surface area contributed by atoms with Gasteiger partial charge in [-0.15, -0.1) is 0 Å². The van der Waals surface area contributed by atoms with Crippen LogP contribution in [0.15, 0.2) is 108 Å². The van der Waals surface area contributed by atoms with E-state index in [-0.39, 0.29) is 17.9 Å². The second kappa shape index (κ2) is 13.4. The van der Waals surface area contributed by atoms with E-state index in [9.17, 15) is 22.4 Å². The van der Waals surface area contributed by atoms with Crippen LogP contribution in [0.3, 0.4) is 0 Å². The Bertz CT molecular complexity index is 1630. The molecule has 0 aliphatic heterocycles. The number of aryl methyl sites for hydroxylation is 2. The molecule has 218 valence electrons. The molecular weight excluding hydrogens is 553 g/mol. The van der Waals surface area contributed by atoms with Crippen LogP contribution >= 0.6 is 0 Å². The lowest BCUT2D eigenvalue weighted by molar-refractivity contribution is -0.139. The van der Waals surface area contributed by atoms with Crippen LogP contribution in [-0.2, 0) is 32.6 Å². The highest BCUT2D eigenvalue weighted by Gasteiger charge is 2.34. The van der Waals surface area contributed by atoms with E-state index in [1.54, 1.807) is 49.4 Å². The highest BCUT2D eigenvalue weighted by molar-refractivity contribution is 7.92. The van der Waals surface area contributed by atoms with Gasteiger partial charge in [-0.1, -0.05) is 78.4 Å². The molecule has 0 saturated carbocycles. The number of benzene rings is 4. The summed E-state index contributed by atoms with van der Waals surface area (Å²) in [6.45, 7) is 3.11. The Labute approximate surface area is 246 Å². The molecule has 1 unspecified atom stereocenters. The predicted octanol–water partition coefficient (Wildman–Crippen LogP) is 5.02. The maximum Gasteiger partial charge on any atom is 0.264 e. The third kappa shape index (κ3) is 7.22. The van der Waals surface area contributed by atoms with Gasteiger partial charge in [-0.05, 0) is 60.9 Å². The molecular formula is C33H34FN3O4S. The molecule has 0 aliphatic rings. The summed E-state index contributed by atoms with van der Waals surface area (Å²) in [4.78, 5) is 29.0. The summed E-state index contributed by atoms with van der Waals surface area (Å²) in [5, 5.41) is 2.65. The summed E-state index contributed by atoms with van der Waals surface area (Å²) >= 11 is 0. The summed E-state index contributed by atoms with van der Waals surface area (Å²) < 4.78 is 42.8. The van der Waals surface area contributed by atoms with Crippen molar-refractivity contribution in [1.82, 2.24) is 10.2 Å². The average Bonchev–Trinajstić information content (AvgIpc) is 2.99.